The zero-order chi connectivity index (χ0) is 35.4. The first-order chi connectivity index (χ1) is 20.8. The number of amides is 1. The van der Waals surface area contributed by atoms with E-state index in [1.54, 1.807) is 0 Å². The molecule has 0 spiro atoms. The smallest absolute Gasteiger partial charge is 0.408 e. The summed E-state index contributed by atoms with van der Waals surface area (Å²) in [6.07, 6.45) is -10.1. The van der Waals surface area contributed by atoms with Crippen molar-refractivity contribution in [2.45, 2.75) is 63.5 Å². The van der Waals surface area contributed by atoms with Gasteiger partial charge in [-0.1, -0.05) is 44.1 Å². The number of hydrogen-bond donors (Lipinski definition) is 2. The van der Waals surface area contributed by atoms with Crippen molar-refractivity contribution in [3.8, 4) is 11.5 Å². The average molecular weight is 544 g/mol. The molecule has 0 radical (unpaired) electrons. The van der Waals surface area contributed by atoms with Crippen LogP contribution in [0.4, 0.5) is 4.79 Å². The number of carboxylic acid groups (broad SMARTS) is 1. The molecule has 2 atom stereocenters. The summed E-state index contributed by atoms with van der Waals surface area (Å²) in [4.78, 5) is 12.2. The van der Waals surface area contributed by atoms with Gasteiger partial charge in [-0.3, -0.25) is 4.90 Å². The predicted molar refractivity (Wildman–Crippen MR) is 141 cm³/mol. The minimum absolute atomic E-state index is 0.00720. The van der Waals surface area contributed by atoms with Crippen LogP contribution in [0.15, 0.2) is 53.4 Å². The van der Waals surface area contributed by atoms with Crippen molar-refractivity contribution >= 4 is 16.1 Å². The monoisotopic (exact) mass is 543 g/mol. The van der Waals surface area contributed by atoms with Gasteiger partial charge in [0, 0.05) is 30.1 Å². The third kappa shape index (κ3) is 7.15. The second kappa shape index (κ2) is 11.7. The molecule has 1 heterocycles. The zero-order valence-electron chi connectivity index (χ0n) is 30.3. The number of nitrogens with zero attached hydrogens (tertiary/aromatic N) is 2. The Morgan fingerprint density at radius 3 is 2.49 bits per heavy atom. The maximum atomic E-state index is 14.2. The molecule has 0 bridgehead atoms. The standard InChI is InChI=1S/C27H38N2O7S/c1-19(2)17-28(37(33,34)21-11-12-24-25(16-21)36-14-13-35-24)18-23(30)22(15-20-9-7-6-8-10-20)29(26(31)32)27(3,4)5/h6-12,16,19,22-23,30H,13-15,17-18H2,1-5H3,(H,31,32)/t22-,23+/m0/s1/i6D,7D,9D,15D2,18D2,22D,23D. The van der Waals surface area contributed by atoms with E-state index in [0.29, 0.717) is 0 Å². The number of benzene rings is 2. The molecular weight excluding hydrogens is 496 g/mol. The van der Waals surface area contributed by atoms with Crippen molar-refractivity contribution < 1.29 is 45.2 Å². The molecule has 2 aromatic carbocycles. The van der Waals surface area contributed by atoms with E-state index >= 15 is 0 Å². The second-order valence-electron chi connectivity index (χ2n) is 9.60. The Bertz CT molecular complexity index is 1600. The predicted octanol–water partition coefficient (Wildman–Crippen LogP) is 3.86. The molecule has 0 unspecified atom stereocenters. The fourth-order valence-electron chi connectivity index (χ4n) is 3.47. The highest BCUT2D eigenvalue weighted by atomic mass is 32.2. The van der Waals surface area contributed by atoms with Gasteiger partial charge >= 0.3 is 6.09 Å². The summed E-state index contributed by atoms with van der Waals surface area (Å²) in [6.45, 7) is 2.17. The van der Waals surface area contributed by atoms with Crippen molar-refractivity contribution in [3.63, 3.8) is 0 Å². The van der Waals surface area contributed by atoms with Gasteiger partial charge in [0.2, 0.25) is 10.0 Å². The van der Waals surface area contributed by atoms with E-state index in [1.807, 2.05) is 0 Å². The normalized spacial score (nSPS) is 21.5. The van der Waals surface area contributed by atoms with Gasteiger partial charge < -0.3 is 19.7 Å². The van der Waals surface area contributed by atoms with Gasteiger partial charge in [0.25, 0.3) is 0 Å². The Balaban J connectivity index is 2.41. The molecule has 2 aromatic rings. The lowest BCUT2D eigenvalue weighted by molar-refractivity contribution is 0.000538. The Morgan fingerprint density at radius 1 is 1.19 bits per heavy atom. The molecule has 0 saturated heterocycles. The minimum Gasteiger partial charge on any atom is -0.486 e. The number of fused-ring (bicyclic) bond motifs is 1. The number of ether oxygens (including phenoxy) is 2. The second-order valence-corrected chi connectivity index (χ2v) is 11.5. The molecule has 0 fully saturated rings. The Kier molecular flexibility index (Phi) is 5.83. The lowest BCUT2D eigenvalue weighted by atomic mass is 9.94. The van der Waals surface area contributed by atoms with Gasteiger partial charge in [-0.15, -0.1) is 0 Å². The van der Waals surface area contributed by atoms with Crippen molar-refractivity contribution in [2.75, 3.05) is 26.3 Å². The number of rotatable bonds is 10. The van der Waals surface area contributed by atoms with Gasteiger partial charge in [-0.25, -0.2) is 13.2 Å². The van der Waals surface area contributed by atoms with E-state index in [2.05, 4.69) is 0 Å². The van der Waals surface area contributed by atoms with Gasteiger partial charge in [-0.05, 0) is 50.8 Å². The third-order valence-corrected chi connectivity index (χ3v) is 6.70. The number of hydrogen-bond acceptors (Lipinski definition) is 6. The molecule has 0 aliphatic carbocycles. The fourth-order valence-corrected chi connectivity index (χ4v) is 4.92. The largest absolute Gasteiger partial charge is 0.486 e. The SMILES string of the molecule is [2H]c1ccc(C([2H])([2H])[C@]([2H])(N(C(=O)O)C(C)(C)C)[C@]([2H])(O)C([2H])([2H])N(CC(C)C)S(=O)(=O)c2ccc3c(c2)OCCO3)c([2H])c1[2H]. The molecule has 1 aliphatic rings. The Morgan fingerprint density at radius 2 is 1.86 bits per heavy atom. The number of carbonyl (C=O) groups is 1. The highest BCUT2D eigenvalue weighted by molar-refractivity contribution is 7.89. The van der Waals surface area contributed by atoms with Gasteiger partial charge in [0.15, 0.2) is 11.5 Å². The number of aliphatic hydroxyl groups is 1. The van der Waals surface area contributed by atoms with Crippen molar-refractivity contribution in [3.05, 3.63) is 54.0 Å². The first kappa shape index (κ1) is 18.4. The van der Waals surface area contributed by atoms with Crippen LogP contribution < -0.4 is 9.47 Å². The van der Waals surface area contributed by atoms with Gasteiger partial charge in [0.1, 0.15) is 13.2 Å². The lowest BCUT2D eigenvalue weighted by Gasteiger charge is -2.42. The zero-order valence-corrected chi connectivity index (χ0v) is 22.1. The first-order valence-electron chi connectivity index (χ1n) is 16.0. The Hall–Kier alpha value is -2.82. The van der Waals surface area contributed by atoms with Crippen molar-refractivity contribution in [2.24, 2.45) is 5.92 Å². The van der Waals surface area contributed by atoms with Crippen LogP contribution in [0.3, 0.4) is 0 Å². The molecular formula is C27H38N2O7S. The summed E-state index contributed by atoms with van der Waals surface area (Å²) in [5.74, 6) is -0.454. The molecule has 0 saturated carbocycles. The summed E-state index contributed by atoms with van der Waals surface area (Å²) in [5, 5.41) is 22.3. The van der Waals surface area contributed by atoms with Crippen LogP contribution in [-0.4, -0.2) is 77.8 Å². The summed E-state index contributed by atoms with van der Waals surface area (Å²) in [7, 11) is -5.06. The maximum Gasteiger partial charge on any atom is 0.408 e. The molecule has 2 N–H and O–H groups in total. The topological polar surface area (TPSA) is 117 Å². The van der Waals surface area contributed by atoms with E-state index in [4.69, 9.17) is 20.4 Å². The van der Waals surface area contributed by atoms with Crippen LogP contribution in [0.5, 0.6) is 11.5 Å². The maximum absolute atomic E-state index is 14.2. The molecule has 10 heteroatoms. The molecule has 37 heavy (non-hydrogen) atoms. The number of sulfonamides is 1. The molecule has 9 nitrogen and oxygen atoms in total. The summed E-state index contributed by atoms with van der Waals surface area (Å²) < 4.78 is 118. The van der Waals surface area contributed by atoms with E-state index in [9.17, 15) is 24.8 Å². The third-order valence-electron chi connectivity index (χ3n) is 5.03. The fraction of sp³-hybridized carbons (Fsp3) is 0.519. The lowest BCUT2D eigenvalue weighted by Crippen LogP contribution is -2.58. The molecule has 1 aliphatic heterocycles. The van der Waals surface area contributed by atoms with Crippen LogP contribution >= 0.6 is 0 Å². The average Bonchev–Trinajstić information content (AvgIpc) is 2.92. The van der Waals surface area contributed by atoms with Crippen LogP contribution in [-0.2, 0) is 16.4 Å². The highest BCUT2D eigenvalue weighted by Crippen LogP contribution is 2.33. The molecule has 0 aromatic heterocycles. The summed E-state index contributed by atoms with van der Waals surface area (Å²) in [6, 6.07) is -1.22. The van der Waals surface area contributed by atoms with Crippen LogP contribution in [0.25, 0.3) is 0 Å². The summed E-state index contributed by atoms with van der Waals surface area (Å²) >= 11 is 0. The van der Waals surface area contributed by atoms with E-state index in [-0.39, 0.29) is 33.9 Å². The molecule has 3 rings (SSSR count). The van der Waals surface area contributed by atoms with E-state index in [0.717, 1.165) is 24.3 Å². The van der Waals surface area contributed by atoms with Crippen molar-refractivity contribution in [1.29, 1.82) is 0 Å². The molecule has 204 valence electrons. The van der Waals surface area contributed by atoms with Gasteiger partial charge in [0.05, 0.1) is 23.8 Å². The quantitative estimate of drug-likeness (QED) is 0.467. The van der Waals surface area contributed by atoms with Crippen LogP contribution in [0.1, 0.15) is 52.5 Å². The van der Waals surface area contributed by atoms with Crippen LogP contribution in [0.2, 0.25) is 0 Å². The summed E-state index contributed by atoms with van der Waals surface area (Å²) in [5.41, 5.74) is -2.75. The first-order valence-corrected chi connectivity index (χ1v) is 13.0. The highest BCUT2D eigenvalue weighted by Gasteiger charge is 2.39. The van der Waals surface area contributed by atoms with Crippen LogP contribution in [0, 0.1) is 5.92 Å². The van der Waals surface area contributed by atoms with Crippen molar-refractivity contribution in [1.82, 2.24) is 9.21 Å². The van der Waals surface area contributed by atoms with E-state index < -0.39 is 87.7 Å². The molecule has 1 amide bonds. The van der Waals surface area contributed by atoms with E-state index in [1.165, 1.54) is 40.7 Å². The van der Waals surface area contributed by atoms with Gasteiger partial charge in [-0.2, -0.15) is 4.31 Å². The Labute approximate surface area is 232 Å². The minimum atomic E-state index is -5.06.